The van der Waals surface area contributed by atoms with Crippen LogP contribution in [0.3, 0.4) is 0 Å². The van der Waals surface area contributed by atoms with Crippen LogP contribution in [0.5, 0.6) is 5.75 Å². The van der Waals surface area contributed by atoms with E-state index in [0.29, 0.717) is 17.0 Å². The topological polar surface area (TPSA) is 67.8 Å². The summed E-state index contributed by atoms with van der Waals surface area (Å²) < 4.78 is 5.41. The number of hydrogen-bond acceptors (Lipinski definition) is 4. The lowest BCUT2D eigenvalue weighted by molar-refractivity contribution is -0.123. The Hall–Kier alpha value is -3.73. The number of carbonyl (C=O) groups excluding carboxylic acids is 2. The molecule has 0 heterocycles. The number of ketones is 1. The van der Waals surface area contributed by atoms with E-state index in [1.807, 2.05) is 66.7 Å². The molecule has 3 rings (SSSR count). The molecule has 0 bridgehead atoms. The summed E-state index contributed by atoms with van der Waals surface area (Å²) in [4.78, 5) is 24.6. The molecule has 0 aliphatic heterocycles. The van der Waals surface area contributed by atoms with Gasteiger partial charge in [0.15, 0.2) is 12.4 Å². The zero-order chi connectivity index (χ0) is 19.6. The number of benzene rings is 3. The highest BCUT2D eigenvalue weighted by atomic mass is 16.5. The number of rotatable bonds is 8. The summed E-state index contributed by atoms with van der Waals surface area (Å²) in [5, 5.41) is 4.19. The molecule has 5 nitrogen and oxygen atoms in total. The van der Waals surface area contributed by atoms with Gasteiger partial charge in [-0.1, -0.05) is 78.9 Å². The van der Waals surface area contributed by atoms with Crippen molar-refractivity contribution < 1.29 is 14.3 Å². The van der Waals surface area contributed by atoms with E-state index in [0.717, 1.165) is 5.56 Å². The van der Waals surface area contributed by atoms with Gasteiger partial charge in [0, 0.05) is 5.56 Å². The minimum Gasteiger partial charge on any atom is -0.484 e. The van der Waals surface area contributed by atoms with Gasteiger partial charge in [0.05, 0.1) is 12.1 Å². The fourth-order valence-corrected chi connectivity index (χ4v) is 2.54. The van der Waals surface area contributed by atoms with Crippen LogP contribution in [-0.4, -0.2) is 24.0 Å². The normalized spacial score (nSPS) is 10.9. The first-order valence-corrected chi connectivity index (χ1v) is 8.89. The van der Waals surface area contributed by atoms with Gasteiger partial charge < -0.3 is 4.74 Å². The molecule has 0 spiro atoms. The van der Waals surface area contributed by atoms with Crippen LogP contribution in [0.15, 0.2) is 96.1 Å². The second-order valence-electron chi connectivity index (χ2n) is 6.03. The smallest absolute Gasteiger partial charge is 0.277 e. The van der Waals surface area contributed by atoms with Gasteiger partial charge >= 0.3 is 0 Å². The number of hydrogen-bond donors (Lipinski definition) is 1. The molecule has 0 aliphatic rings. The Kier molecular flexibility index (Phi) is 6.68. The third-order valence-electron chi connectivity index (χ3n) is 3.96. The number of nitrogens with one attached hydrogen (secondary N) is 1. The summed E-state index contributed by atoms with van der Waals surface area (Å²) in [6.45, 7) is -0.164. The Morgan fingerprint density at radius 1 is 0.750 bits per heavy atom. The van der Waals surface area contributed by atoms with Crippen LogP contribution in [0, 0.1) is 0 Å². The number of carbonyl (C=O) groups is 2. The van der Waals surface area contributed by atoms with Crippen LogP contribution < -0.4 is 10.2 Å². The maximum atomic E-state index is 12.6. The van der Waals surface area contributed by atoms with E-state index in [9.17, 15) is 9.59 Å². The van der Waals surface area contributed by atoms with Gasteiger partial charge in [-0.3, -0.25) is 9.59 Å². The summed E-state index contributed by atoms with van der Waals surface area (Å²) in [6, 6.07) is 27.4. The SMILES string of the molecule is O=C(COc1ccccc1)N/N=C(\CC(=O)c1ccccc1)c1ccccc1. The van der Waals surface area contributed by atoms with Gasteiger partial charge in [0.1, 0.15) is 5.75 Å². The van der Waals surface area contributed by atoms with Crippen molar-refractivity contribution in [3.05, 3.63) is 102 Å². The molecule has 140 valence electrons. The summed E-state index contributed by atoms with van der Waals surface area (Å²) in [6.07, 6.45) is 0.0772. The molecule has 0 saturated carbocycles. The van der Waals surface area contributed by atoms with E-state index in [1.165, 1.54) is 0 Å². The zero-order valence-electron chi connectivity index (χ0n) is 15.2. The average molecular weight is 372 g/mol. The molecular formula is C23H20N2O3. The lowest BCUT2D eigenvalue weighted by atomic mass is 10.0. The molecule has 1 N–H and O–H groups in total. The molecule has 28 heavy (non-hydrogen) atoms. The second-order valence-corrected chi connectivity index (χ2v) is 6.03. The number of ether oxygens (including phenoxy) is 1. The standard InChI is InChI=1S/C23H20N2O3/c26-22(19-12-6-2-7-13-19)16-21(18-10-4-1-5-11-18)24-25-23(27)17-28-20-14-8-3-9-15-20/h1-15H,16-17H2,(H,25,27)/b24-21+. The lowest BCUT2D eigenvalue weighted by Crippen LogP contribution is -2.26. The van der Waals surface area contributed by atoms with E-state index in [2.05, 4.69) is 10.5 Å². The van der Waals surface area contributed by atoms with Crippen molar-refractivity contribution >= 4 is 17.4 Å². The third kappa shape index (κ3) is 5.64. The Bertz CT molecular complexity index is 939. The zero-order valence-corrected chi connectivity index (χ0v) is 15.2. The van der Waals surface area contributed by atoms with Crippen molar-refractivity contribution in [1.82, 2.24) is 5.43 Å². The fraction of sp³-hybridized carbons (Fsp3) is 0.0870. The van der Waals surface area contributed by atoms with Crippen LogP contribution >= 0.6 is 0 Å². The predicted octanol–water partition coefficient (Wildman–Crippen LogP) is 3.86. The van der Waals surface area contributed by atoms with E-state index in [1.54, 1.807) is 24.3 Å². The first kappa shape index (κ1) is 19.0. The fourth-order valence-electron chi connectivity index (χ4n) is 2.54. The molecule has 0 radical (unpaired) electrons. The largest absolute Gasteiger partial charge is 0.484 e. The predicted molar refractivity (Wildman–Crippen MR) is 108 cm³/mol. The van der Waals surface area contributed by atoms with E-state index >= 15 is 0 Å². The summed E-state index contributed by atoms with van der Waals surface area (Å²) >= 11 is 0. The highest BCUT2D eigenvalue weighted by Crippen LogP contribution is 2.10. The highest BCUT2D eigenvalue weighted by molar-refractivity contribution is 6.15. The molecule has 0 aliphatic carbocycles. The highest BCUT2D eigenvalue weighted by Gasteiger charge is 2.13. The van der Waals surface area contributed by atoms with Crippen molar-refractivity contribution in [2.24, 2.45) is 5.10 Å². The number of Topliss-reactive ketones (excluding diaryl/α,β-unsaturated/α-hetero) is 1. The number of hydrazone groups is 1. The van der Waals surface area contributed by atoms with Crippen LogP contribution in [0.25, 0.3) is 0 Å². The van der Waals surface area contributed by atoms with Crippen LogP contribution in [-0.2, 0) is 4.79 Å². The van der Waals surface area contributed by atoms with E-state index < -0.39 is 5.91 Å². The first-order chi connectivity index (χ1) is 13.7. The summed E-state index contributed by atoms with van der Waals surface area (Å²) in [7, 11) is 0. The first-order valence-electron chi connectivity index (χ1n) is 8.89. The van der Waals surface area contributed by atoms with Gasteiger partial charge in [-0.2, -0.15) is 5.10 Å². The summed E-state index contributed by atoms with van der Waals surface area (Å²) in [5.74, 6) is 0.131. The van der Waals surface area contributed by atoms with Crippen molar-refractivity contribution in [2.75, 3.05) is 6.61 Å². The Balaban J connectivity index is 1.68. The molecule has 0 atom stereocenters. The number of amides is 1. The van der Waals surface area contributed by atoms with E-state index in [-0.39, 0.29) is 18.8 Å². The molecule has 5 heteroatoms. The maximum Gasteiger partial charge on any atom is 0.277 e. The second kappa shape index (κ2) is 9.83. The Labute approximate surface area is 163 Å². The molecule has 3 aromatic carbocycles. The molecule has 0 unspecified atom stereocenters. The van der Waals surface area contributed by atoms with E-state index in [4.69, 9.17) is 4.74 Å². The lowest BCUT2D eigenvalue weighted by Gasteiger charge is -2.08. The van der Waals surface area contributed by atoms with Gasteiger partial charge in [-0.25, -0.2) is 5.43 Å². The van der Waals surface area contributed by atoms with Crippen molar-refractivity contribution in [3.63, 3.8) is 0 Å². The number of nitrogens with zero attached hydrogens (tertiary/aromatic N) is 1. The van der Waals surface area contributed by atoms with Crippen molar-refractivity contribution in [3.8, 4) is 5.75 Å². The molecule has 0 saturated heterocycles. The van der Waals surface area contributed by atoms with Gasteiger partial charge in [-0.15, -0.1) is 0 Å². The van der Waals surface area contributed by atoms with Crippen molar-refractivity contribution in [1.29, 1.82) is 0 Å². The summed E-state index contributed by atoms with van der Waals surface area (Å²) in [5.41, 5.74) is 4.34. The monoisotopic (exact) mass is 372 g/mol. The van der Waals surface area contributed by atoms with Crippen LogP contribution in [0.1, 0.15) is 22.3 Å². The Morgan fingerprint density at radius 3 is 1.89 bits per heavy atom. The van der Waals surface area contributed by atoms with Gasteiger partial charge in [0.2, 0.25) is 0 Å². The quantitative estimate of drug-likeness (QED) is 0.371. The third-order valence-corrected chi connectivity index (χ3v) is 3.96. The molecular weight excluding hydrogens is 352 g/mol. The van der Waals surface area contributed by atoms with Crippen LogP contribution in [0.2, 0.25) is 0 Å². The molecule has 0 aromatic heterocycles. The molecule has 1 amide bonds. The number of para-hydroxylation sites is 1. The molecule has 3 aromatic rings. The minimum atomic E-state index is -0.399. The van der Waals surface area contributed by atoms with Crippen molar-refractivity contribution in [2.45, 2.75) is 6.42 Å². The van der Waals surface area contributed by atoms with Gasteiger partial charge in [-0.05, 0) is 17.7 Å². The minimum absolute atomic E-state index is 0.0713. The van der Waals surface area contributed by atoms with Gasteiger partial charge in [0.25, 0.3) is 5.91 Å². The molecule has 0 fully saturated rings. The maximum absolute atomic E-state index is 12.6. The average Bonchev–Trinajstić information content (AvgIpc) is 2.77. The Morgan fingerprint density at radius 2 is 1.29 bits per heavy atom. The van der Waals surface area contributed by atoms with Crippen LogP contribution in [0.4, 0.5) is 0 Å².